The highest BCUT2D eigenvalue weighted by atomic mass is 16.6. The Balaban J connectivity index is 1.94. The first-order valence-electron chi connectivity index (χ1n) is 8.67. The number of carbonyl (C=O) groups excluding carboxylic acids is 1. The van der Waals surface area contributed by atoms with Gasteiger partial charge in [-0.15, -0.1) is 0 Å². The number of rotatable bonds is 5. The molecule has 9 heteroatoms. The molecule has 0 radical (unpaired) electrons. The number of carboxylic acid groups (broad SMARTS) is 1. The highest BCUT2D eigenvalue weighted by Crippen LogP contribution is 2.20. The van der Waals surface area contributed by atoms with E-state index < -0.39 is 11.6 Å². The van der Waals surface area contributed by atoms with Gasteiger partial charge in [-0.25, -0.2) is 14.6 Å². The molecule has 2 heterocycles. The van der Waals surface area contributed by atoms with E-state index in [0.717, 1.165) is 0 Å². The van der Waals surface area contributed by atoms with Crippen LogP contribution in [-0.4, -0.2) is 63.4 Å². The van der Waals surface area contributed by atoms with Gasteiger partial charge in [-0.05, 0) is 40.5 Å². The average molecular weight is 366 g/mol. The lowest BCUT2D eigenvalue weighted by Gasteiger charge is -2.33. The van der Waals surface area contributed by atoms with Crippen molar-refractivity contribution in [1.29, 1.82) is 0 Å². The van der Waals surface area contributed by atoms with Crippen LogP contribution in [-0.2, 0) is 4.74 Å². The topological polar surface area (TPSA) is 114 Å². The summed E-state index contributed by atoms with van der Waals surface area (Å²) in [6.45, 7) is 8.72. The first kappa shape index (κ1) is 19.7. The van der Waals surface area contributed by atoms with Crippen LogP contribution in [0.15, 0.2) is 6.20 Å². The Labute approximate surface area is 152 Å². The summed E-state index contributed by atoms with van der Waals surface area (Å²) < 4.78 is 10.7. The van der Waals surface area contributed by atoms with Crippen molar-refractivity contribution in [1.82, 2.24) is 14.9 Å². The third kappa shape index (κ3) is 5.47. The van der Waals surface area contributed by atoms with Gasteiger partial charge in [-0.2, -0.15) is 4.98 Å². The van der Waals surface area contributed by atoms with Crippen molar-refractivity contribution in [3.8, 4) is 5.88 Å². The van der Waals surface area contributed by atoms with E-state index in [2.05, 4.69) is 15.3 Å². The summed E-state index contributed by atoms with van der Waals surface area (Å²) in [6.07, 6.45) is 2.36. The molecule has 1 amide bonds. The molecule has 1 aromatic rings. The zero-order valence-corrected chi connectivity index (χ0v) is 15.6. The van der Waals surface area contributed by atoms with Crippen LogP contribution in [0.2, 0.25) is 0 Å². The van der Waals surface area contributed by atoms with E-state index in [0.29, 0.717) is 38.5 Å². The molecule has 0 aromatic carbocycles. The molecule has 0 unspecified atom stereocenters. The maximum absolute atomic E-state index is 12.1. The van der Waals surface area contributed by atoms with Gasteiger partial charge in [0.05, 0.1) is 12.8 Å². The number of nitrogens with zero attached hydrogens (tertiary/aromatic N) is 3. The lowest BCUT2D eigenvalue weighted by molar-refractivity contribution is 0.0210. The maximum Gasteiger partial charge on any atom is 0.410 e. The number of nitrogens with one attached hydrogen (secondary N) is 1. The molecule has 1 saturated heterocycles. The van der Waals surface area contributed by atoms with E-state index in [-0.39, 0.29) is 23.6 Å². The quantitative estimate of drug-likeness (QED) is 0.816. The molecule has 1 aromatic heterocycles. The van der Waals surface area contributed by atoms with E-state index in [4.69, 9.17) is 14.6 Å². The van der Waals surface area contributed by atoms with Crippen LogP contribution >= 0.6 is 0 Å². The van der Waals surface area contributed by atoms with Crippen molar-refractivity contribution in [3.63, 3.8) is 0 Å². The van der Waals surface area contributed by atoms with E-state index in [1.165, 1.54) is 6.20 Å². The summed E-state index contributed by atoms with van der Waals surface area (Å²) in [5, 5.41) is 12.3. The minimum absolute atomic E-state index is 0.0451. The number of carboxylic acids is 1. The molecule has 0 atom stereocenters. The molecule has 0 bridgehead atoms. The summed E-state index contributed by atoms with van der Waals surface area (Å²) in [5.74, 6) is -0.775. The second-order valence-electron chi connectivity index (χ2n) is 7.04. The van der Waals surface area contributed by atoms with Crippen molar-refractivity contribution in [2.45, 2.75) is 52.2 Å². The van der Waals surface area contributed by atoms with Gasteiger partial charge in [-0.3, -0.25) is 0 Å². The molecule has 1 aliphatic rings. The number of aromatic nitrogens is 2. The molecule has 9 nitrogen and oxygen atoms in total. The maximum atomic E-state index is 12.1. The molecule has 0 aliphatic carbocycles. The Kier molecular flexibility index (Phi) is 6.23. The smallest absolute Gasteiger partial charge is 0.410 e. The number of aromatic carboxylic acids is 1. The van der Waals surface area contributed by atoms with Crippen LogP contribution in [0.5, 0.6) is 5.88 Å². The number of amides is 1. The number of anilines is 1. The van der Waals surface area contributed by atoms with Crippen molar-refractivity contribution in [2.24, 2.45) is 0 Å². The molecule has 144 valence electrons. The van der Waals surface area contributed by atoms with Gasteiger partial charge in [0.25, 0.3) is 0 Å². The minimum atomic E-state index is -1.13. The molecular formula is C17H26N4O5. The number of hydrogen-bond donors (Lipinski definition) is 2. The fourth-order valence-corrected chi connectivity index (χ4v) is 2.54. The van der Waals surface area contributed by atoms with Crippen LogP contribution in [0.1, 0.15) is 50.9 Å². The average Bonchev–Trinajstić information content (AvgIpc) is 2.54. The van der Waals surface area contributed by atoms with E-state index >= 15 is 0 Å². The predicted octanol–water partition coefficient (Wildman–Crippen LogP) is 2.38. The third-order valence-electron chi connectivity index (χ3n) is 3.75. The Hall–Kier alpha value is -2.58. The fraction of sp³-hybridized carbons (Fsp3) is 0.647. The van der Waals surface area contributed by atoms with Crippen LogP contribution in [0.3, 0.4) is 0 Å². The summed E-state index contributed by atoms with van der Waals surface area (Å²) >= 11 is 0. The van der Waals surface area contributed by atoms with Crippen molar-refractivity contribution in [2.75, 3.05) is 25.0 Å². The second-order valence-corrected chi connectivity index (χ2v) is 7.04. The number of piperidine rings is 1. The summed E-state index contributed by atoms with van der Waals surface area (Å²) in [5.41, 5.74) is -0.584. The Morgan fingerprint density at radius 2 is 2.00 bits per heavy atom. The van der Waals surface area contributed by atoms with Crippen LogP contribution in [0.25, 0.3) is 0 Å². The van der Waals surface area contributed by atoms with Gasteiger partial charge < -0.3 is 24.8 Å². The zero-order valence-electron chi connectivity index (χ0n) is 15.6. The summed E-state index contributed by atoms with van der Waals surface area (Å²) in [6, 6.07) is 0.0823. The highest BCUT2D eigenvalue weighted by Gasteiger charge is 2.27. The van der Waals surface area contributed by atoms with Crippen molar-refractivity contribution < 1.29 is 24.2 Å². The lowest BCUT2D eigenvalue weighted by Crippen LogP contribution is -2.44. The van der Waals surface area contributed by atoms with Crippen LogP contribution < -0.4 is 10.1 Å². The number of ether oxygens (including phenoxy) is 2. The molecular weight excluding hydrogens is 340 g/mol. The summed E-state index contributed by atoms with van der Waals surface area (Å²) in [4.78, 5) is 33.1. The molecule has 1 aliphatic heterocycles. The Morgan fingerprint density at radius 3 is 2.54 bits per heavy atom. The zero-order chi connectivity index (χ0) is 19.3. The number of carbonyl (C=O) groups is 2. The number of hydrogen-bond acceptors (Lipinski definition) is 7. The molecule has 2 rings (SSSR count). The Morgan fingerprint density at radius 1 is 1.35 bits per heavy atom. The molecule has 1 fully saturated rings. The second kappa shape index (κ2) is 8.20. The largest absolute Gasteiger partial charge is 0.477 e. The molecule has 0 saturated carbocycles. The van der Waals surface area contributed by atoms with Crippen LogP contribution in [0.4, 0.5) is 10.7 Å². The van der Waals surface area contributed by atoms with Crippen molar-refractivity contribution >= 4 is 18.0 Å². The van der Waals surface area contributed by atoms with Gasteiger partial charge in [0.15, 0.2) is 0 Å². The van der Waals surface area contributed by atoms with Gasteiger partial charge in [0.2, 0.25) is 11.8 Å². The van der Waals surface area contributed by atoms with Gasteiger partial charge in [-0.1, -0.05) is 0 Å². The monoisotopic (exact) mass is 366 g/mol. The molecule has 26 heavy (non-hydrogen) atoms. The first-order chi connectivity index (χ1) is 12.2. The SMILES string of the molecule is CCOc1nc(NC2CCN(C(=O)OC(C)(C)C)CC2)ncc1C(=O)O. The molecule has 0 spiro atoms. The van der Waals surface area contributed by atoms with Gasteiger partial charge in [0, 0.05) is 19.1 Å². The first-order valence-corrected chi connectivity index (χ1v) is 8.67. The van der Waals surface area contributed by atoms with Crippen LogP contribution in [0, 0.1) is 0 Å². The van der Waals surface area contributed by atoms with Gasteiger partial charge >= 0.3 is 12.1 Å². The fourth-order valence-electron chi connectivity index (χ4n) is 2.54. The Bertz CT molecular complexity index is 651. The van der Waals surface area contributed by atoms with Gasteiger partial charge in [0.1, 0.15) is 11.2 Å². The normalized spacial score (nSPS) is 15.5. The lowest BCUT2D eigenvalue weighted by atomic mass is 10.1. The highest BCUT2D eigenvalue weighted by molar-refractivity contribution is 5.89. The standard InChI is InChI=1S/C17H26N4O5/c1-5-25-13-12(14(22)23)10-18-15(20-13)19-11-6-8-21(9-7-11)16(24)26-17(2,3)4/h10-11H,5-9H2,1-4H3,(H,22,23)(H,18,19,20). The molecule has 2 N–H and O–H groups in total. The van der Waals surface area contributed by atoms with E-state index in [1.54, 1.807) is 11.8 Å². The minimum Gasteiger partial charge on any atom is -0.477 e. The summed E-state index contributed by atoms with van der Waals surface area (Å²) in [7, 11) is 0. The van der Waals surface area contributed by atoms with Crippen molar-refractivity contribution in [3.05, 3.63) is 11.8 Å². The number of likely N-dealkylation sites (tertiary alicyclic amines) is 1. The van der Waals surface area contributed by atoms with E-state index in [9.17, 15) is 9.59 Å². The van der Waals surface area contributed by atoms with E-state index in [1.807, 2.05) is 20.8 Å². The predicted molar refractivity (Wildman–Crippen MR) is 94.6 cm³/mol. The third-order valence-corrected chi connectivity index (χ3v) is 3.75.